The number of fused-ring (bicyclic) bond motifs is 2. The number of carbonyl (C=O) groups excluding carboxylic acids is 1. The number of anilines is 2. The van der Waals surface area contributed by atoms with Gasteiger partial charge in [-0.15, -0.1) is 0 Å². The van der Waals surface area contributed by atoms with Crippen LogP contribution in [0.1, 0.15) is 80.8 Å². The number of hydrogen-bond donors (Lipinski definition) is 0. The summed E-state index contributed by atoms with van der Waals surface area (Å²) >= 11 is 0. The van der Waals surface area contributed by atoms with Crippen LogP contribution in [0.25, 0.3) is 11.1 Å². The summed E-state index contributed by atoms with van der Waals surface area (Å²) in [6.07, 6.45) is 5.43. The van der Waals surface area contributed by atoms with Crippen molar-refractivity contribution in [2.75, 3.05) is 18.0 Å². The zero-order chi connectivity index (χ0) is 27.5. The number of alkyl halides is 3. The van der Waals surface area contributed by atoms with E-state index in [4.69, 9.17) is 5.10 Å². The van der Waals surface area contributed by atoms with Crippen LogP contribution in [0.3, 0.4) is 0 Å². The fraction of sp³-hybridized carbons (Fsp3) is 0.552. The minimum atomic E-state index is -2.65. The minimum absolute atomic E-state index is 0.00496. The van der Waals surface area contributed by atoms with Crippen LogP contribution in [-0.2, 0) is 31.2 Å². The summed E-state index contributed by atoms with van der Waals surface area (Å²) in [5.74, 6) is 0.741. The molecule has 0 radical (unpaired) electrons. The van der Waals surface area contributed by atoms with Crippen LogP contribution in [0.15, 0.2) is 24.5 Å². The van der Waals surface area contributed by atoms with E-state index in [1.807, 2.05) is 11.0 Å². The van der Waals surface area contributed by atoms with Gasteiger partial charge in [0.2, 0.25) is 5.91 Å². The number of carbonyl (C=O) groups is 1. The molecule has 208 valence electrons. The predicted octanol–water partition coefficient (Wildman–Crippen LogP) is 6.05. The zero-order valence-electron chi connectivity index (χ0n) is 22.8. The molecule has 0 unspecified atom stereocenters. The molecule has 1 aliphatic carbocycles. The first-order valence-corrected chi connectivity index (χ1v) is 13.9. The van der Waals surface area contributed by atoms with E-state index in [0.717, 1.165) is 41.2 Å². The van der Waals surface area contributed by atoms with Crippen molar-refractivity contribution in [2.24, 2.45) is 7.05 Å². The quantitative estimate of drug-likeness (QED) is 0.404. The molecule has 0 saturated heterocycles. The van der Waals surface area contributed by atoms with Gasteiger partial charge in [0, 0.05) is 67.8 Å². The van der Waals surface area contributed by atoms with Crippen LogP contribution >= 0.6 is 0 Å². The zero-order valence-corrected chi connectivity index (χ0v) is 22.8. The molecule has 2 aromatic heterocycles. The Labute approximate surface area is 226 Å². The third-order valence-electron chi connectivity index (χ3n) is 8.73. The molecule has 7 nitrogen and oxygen atoms in total. The molecule has 6 rings (SSSR count). The molecular weight excluding hydrogens is 505 g/mol. The normalized spacial score (nSPS) is 23.2. The van der Waals surface area contributed by atoms with Crippen LogP contribution in [0.4, 0.5) is 24.7 Å². The van der Waals surface area contributed by atoms with Gasteiger partial charge < -0.3 is 9.80 Å². The highest BCUT2D eigenvalue weighted by Crippen LogP contribution is 2.44. The molecule has 1 amide bonds. The second-order valence-corrected chi connectivity index (χ2v) is 11.6. The van der Waals surface area contributed by atoms with Crippen molar-refractivity contribution in [3.63, 3.8) is 0 Å². The number of amides is 1. The van der Waals surface area contributed by atoms with Crippen molar-refractivity contribution in [3.05, 3.63) is 46.9 Å². The highest BCUT2D eigenvalue weighted by atomic mass is 19.3. The third-order valence-corrected chi connectivity index (χ3v) is 8.73. The van der Waals surface area contributed by atoms with Gasteiger partial charge in [-0.25, -0.2) is 13.2 Å². The van der Waals surface area contributed by atoms with Crippen LogP contribution in [-0.4, -0.2) is 49.1 Å². The standard InChI is InChI=1S/C29H35F3N6O/c1-18(39)36-12-8-25-24(17-36)28(34-38(25)21-6-9-29(2,32)10-7-21)37-11-4-5-19-13-22(20-15-33-35(3)16-20)23(27(30)31)14-26(19)37/h13-16,21,27H,4-12,17H2,1-3H3. The first-order valence-electron chi connectivity index (χ1n) is 13.9. The first kappa shape index (κ1) is 26.0. The number of hydrogen-bond acceptors (Lipinski definition) is 4. The van der Waals surface area contributed by atoms with Gasteiger partial charge in [0.1, 0.15) is 5.67 Å². The number of aryl methyl sites for hydroxylation is 2. The van der Waals surface area contributed by atoms with E-state index in [1.54, 1.807) is 44.0 Å². The highest BCUT2D eigenvalue weighted by Gasteiger charge is 2.37. The lowest BCUT2D eigenvalue weighted by atomic mass is 9.85. The molecule has 0 N–H and O–H groups in total. The van der Waals surface area contributed by atoms with Crippen molar-refractivity contribution in [1.29, 1.82) is 0 Å². The monoisotopic (exact) mass is 540 g/mol. The topological polar surface area (TPSA) is 59.2 Å². The summed E-state index contributed by atoms with van der Waals surface area (Å²) in [4.78, 5) is 16.2. The summed E-state index contributed by atoms with van der Waals surface area (Å²) in [6.45, 7) is 4.95. The summed E-state index contributed by atoms with van der Waals surface area (Å²) < 4.78 is 47.1. The number of rotatable bonds is 4. The Kier molecular flexibility index (Phi) is 6.46. The Morgan fingerprint density at radius 2 is 1.92 bits per heavy atom. The Morgan fingerprint density at radius 1 is 1.15 bits per heavy atom. The fourth-order valence-electron chi connectivity index (χ4n) is 6.52. The average Bonchev–Trinajstić information content (AvgIpc) is 3.51. The van der Waals surface area contributed by atoms with Gasteiger partial charge in [0.25, 0.3) is 6.43 Å². The van der Waals surface area contributed by atoms with E-state index >= 15 is 0 Å². The largest absolute Gasteiger partial charge is 0.338 e. The van der Waals surface area contributed by atoms with Crippen LogP contribution < -0.4 is 4.90 Å². The Morgan fingerprint density at radius 3 is 2.59 bits per heavy atom. The van der Waals surface area contributed by atoms with E-state index in [0.29, 0.717) is 62.9 Å². The smallest absolute Gasteiger partial charge is 0.264 e. The summed E-state index contributed by atoms with van der Waals surface area (Å²) in [6, 6.07) is 3.59. The Hall–Kier alpha value is -3.30. The second kappa shape index (κ2) is 9.71. The van der Waals surface area contributed by atoms with Crippen molar-refractivity contribution in [3.8, 4) is 11.1 Å². The molecule has 0 bridgehead atoms. The molecule has 0 atom stereocenters. The third kappa shape index (κ3) is 4.72. The van der Waals surface area contributed by atoms with Crippen molar-refractivity contribution < 1.29 is 18.0 Å². The molecule has 10 heteroatoms. The average molecular weight is 541 g/mol. The molecule has 1 aromatic carbocycles. The molecule has 2 aliphatic heterocycles. The van der Waals surface area contributed by atoms with E-state index in [1.165, 1.54) is 0 Å². The van der Waals surface area contributed by atoms with Gasteiger partial charge in [0.05, 0.1) is 18.8 Å². The lowest BCUT2D eigenvalue weighted by Crippen LogP contribution is -2.36. The van der Waals surface area contributed by atoms with Gasteiger partial charge in [-0.1, -0.05) is 0 Å². The maximum Gasteiger partial charge on any atom is 0.264 e. The van der Waals surface area contributed by atoms with Crippen LogP contribution in [0, 0.1) is 0 Å². The van der Waals surface area contributed by atoms with Crippen LogP contribution in [0.2, 0.25) is 0 Å². The van der Waals surface area contributed by atoms with E-state index in [9.17, 15) is 18.0 Å². The predicted molar refractivity (Wildman–Crippen MR) is 143 cm³/mol. The van der Waals surface area contributed by atoms with Crippen molar-refractivity contribution >= 4 is 17.4 Å². The maximum atomic E-state index is 14.6. The fourth-order valence-corrected chi connectivity index (χ4v) is 6.52. The lowest BCUT2D eigenvalue weighted by molar-refractivity contribution is -0.129. The summed E-state index contributed by atoms with van der Waals surface area (Å²) in [7, 11) is 1.77. The first-order chi connectivity index (χ1) is 18.6. The van der Waals surface area contributed by atoms with E-state index in [-0.39, 0.29) is 17.5 Å². The second-order valence-electron chi connectivity index (χ2n) is 11.6. The molecule has 4 heterocycles. The van der Waals surface area contributed by atoms with Gasteiger partial charge in [0.15, 0.2) is 5.82 Å². The van der Waals surface area contributed by atoms with Crippen molar-refractivity contribution in [2.45, 2.75) is 83.5 Å². The van der Waals surface area contributed by atoms with Gasteiger partial charge in [-0.3, -0.25) is 14.2 Å². The molecule has 3 aromatic rings. The molecule has 3 aliphatic rings. The highest BCUT2D eigenvalue weighted by molar-refractivity contribution is 5.78. The summed E-state index contributed by atoms with van der Waals surface area (Å²) in [5, 5.41) is 9.31. The van der Waals surface area contributed by atoms with Crippen molar-refractivity contribution in [1.82, 2.24) is 24.5 Å². The molecule has 0 spiro atoms. The lowest BCUT2D eigenvalue weighted by Gasteiger charge is -2.33. The van der Waals surface area contributed by atoms with Gasteiger partial charge in [-0.2, -0.15) is 10.2 Å². The molecule has 39 heavy (non-hydrogen) atoms. The minimum Gasteiger partial charge on any atom is -0.338 e. The van der Waals surface area contributed by atoms with E-state index < -0.39 is 12.1 Å². The van der Waals surface area contributed by atoms with Gasteiger partial charge >= 0.3 is 0 Å². The number of benzene rings is 1. The number of halogens is 3. The van der Waals surface area contributed by atoms with Gasteiger partial charge in [-0.05, 0) is 68.7 Å². The van der Waals surface area contributed by atoms with E-state index in [2.05, 4.69) is 14.7 Å². The summed E-state index contributed by atoms with van der Waals surface area (Å²) in [5.41, 5.74) is 3.81. The Balaban J connectivity index is 1.45. The molecule has 1 saturated carbocycles. The van der Waals surface area contributed by atoms with Crippen LogP contribution in [0.5, 0.6) is 0 Å². The SMILES string of the molecule is CC(=O)N1CCc2c(c(N3CCCc4cc(-c5cnn(C)c5)c(C(F)F)cc43)nn2C2CCC(C)(F)CC2)C1. The molecular formula is C29H35F3N6O. The molecule has 1 fully saturated rings. The Bertz CT molecular complexity index is 1400. The number of nitrogens with zero attached hydrogens (tertiary/aromatic N) is 6. The number of aromatic nitrogens is 4. The maximum absolute atomic E-state index is 14.6.